The van der Waals surface area contributed by atoms with Crippen LogP contribution in [0.1, 0.15) is 46.1 Å². The fraction of sp³-hybridized carbons (Fsp3) is 0.222. The van der Waals surface area contributed by atoms with Crippen LogP contribution < -0.4 is 5.56 Å². The molecule has 1 aliphatic rings. The maximum atomic E-state index is 13.6. The number of thiophene rings is 1. The van der Waals surface area contributed by atoms with Gasteiger partial charge in [-0.1, -0.05) is 36.4 Å². The van der Waals surface area contributed by atoms with E-state index < -0.39 is 5.97 Å². The van der Waals surface area contributed by atoms with Gasteiger partial charge in [0.1, 0.15) is 5.00 Å². The Morgan fingerprint density at radius 1 is 1.09 bits per heavy atom. The lowest BCUT2D eigenvalue weighted by molar-refractivity contribution is 0.0525. The Kier molecular flexibility index (Phi) is 6.02. The summed E-state index contributed by atoms with van der Waals surface area (Å²) in [6, 6.07) is 16.5. The topological polar surface area (TPSA) is 80.9 Å². The molecule has 6 nitrogen and oxygen atoms in total. The van der Waals surface area contributed by atoms with Gasteiger partial charge in [-0.05, 0) is 56.4 Å². The summed E-state index contributed by atoms with van der Waals surface area (Å²) in [4.78, 5) is 32.2. The number of esters is 1. The van der Waals surface area contributed by atoms with E-state index >= 15 is 0 Å². The van der Waals surface area contributed by atoms with E-state index in [9.17, 15) is 14.7 Å². The smallest absolute Gasteiger partial charge is 0.341 e. The number of rotatable bonds is 5. The van der Waals surface area contributed by atoms with Crippen molar-refractivity contribution in [2.45, 2.75) is 32.6 Å². The summed E-state index contributed by atoms with van der Waals surface area (Å²) >= 11 is 1.39. The van der Waals surface area contributed by atoms with Gasteiger partial charge in [0.25, 0.3) is 5.56 Å². The number of ether oxygens (including phenoxy) is 1. The Labute approximate surface area is 200 Å². The molecule has 0 amide bonds. The van der Waals surface area contributed by atoms with E-state index in [-0.39, 0.29) is 18.0 Å². The number of aliphatic imine (C=N–C) groups is 1. The number of fused-ring (bicyclic) bond motifs is 2. The number of aryl methyl sites for hydroxylation is 1. The lowest BCUT2D eigenvalue weighted by Gasteiger charge is -2.15. The molecule has 4 aromatic rings. The van der Waals surface area contributed by atoms with E-state index in [1.165, 1.54) is 15.9 Å². The monoisotopic (exact) mass is 472 g/mol. The number of benzene rings is 2. The standard InChI is InChI=1S/C27H24N2O4S/c1-2-33-27(32)23-20-14-8-9-15-22(20)34-26(23)29-24(30)19-13-7-6-12-18(19)21(25(29)31)16-28-17-10-4-3-5-11-17/h3-7,10-13,16,31H,2,8-9,14-15H2,1H3. The summed E-state index contributed by atoms with van der Waals surface area (Å²) in [6.45, 7) is 1.99. The third kappa shape index (κ3) is 3.82. The third-order valence-electron chi connectivity index (χ3n) is 6.04. The van der Waals surface area contributed by atoms with Gasteiger partial charge in [0.2, 0.25) is 5.88 Å². The number of nitrogens with zero attached hydrogens (tertiary/aromatic N) is 2. The number of carbonyl (C=O) groups is 1. The second-order valence-electron chi connectivity index (χ2n) is 8.13. The molecule has 7 heteroatoms. The van der Waals surface area contributed by atoms with Crippen LogP contribution >= 0.6 is 11.3 Å². The predicted octanol–water partition coefficient (Wildman–Crippen LogP) is 5.56. The van der Waals surface area contributed by atoms with E-state index in [1.54, 1.807) is 31.3 Å². The number of aromatic nitrogens is 1. The van der Waals surface area contributed by atoms with Crippen LogP contribution in [0.25, 0.3) is 15.8 Å². The van der Waals surface area contributed by atoms with E-state index in [0.717, 1.165) is 41.8 Å². The van der Waals surface area contributed by atoms with E-state index in [0.29, 0.717) is 26.9 Å². The van der Waals surface area contributed by atoms with E-state index in [2.05, 4.69) is 4.99 Å². The molecule has 2 heterocycles. The minimum Gasteiger partial charge on any atom is -0.494 e. The van der Waals surface area contributed by atoms with Crippen LogP contribution in [-0.4, -0.2) is 28.5 Å². The van der Waals surface area contributed by atoms with Crippen LogP contribution in [0.3, 0.4) is 0 Å². The highest BCUT2D eigenvalue weighted by atomic mass is 32.1. The SMILES string of the molecule is CCOC(=O)c1c(-n2c(O)c(C=Nc3ccccc3)c3ccccc3c2=O)sc2c1CCCC2. The Balaban J connectivity index is 1.79. The highest BCUT2D eigenvalue weighted by Crippen LogP contribution is 2.39. The molecule has 0 spiro atoms. The maximum absolute atomic E-state index is 13.6. The molecular formula is C27H24N2O4S. The van der Waals surface area contributed by atoms with Gasteiger partial charge in [0, 0.05) is 21.9 Å². The minimum absolute atomic E-state index is 0.233. The lowest BCUT2D eigenvalue weighted by atomic mass is 9.95. The van der Waals surface area contributed by atoms with Crippen LogP contribution in [0.5, 0.6) is 5.88 Å². The van der Waals surface area contributed by atoms with Gasteiger partial charge in [-0.25, -0.2) is 9.36 Å². The highest BCUT2D eigenvalue weighted by Gasteiger charge is 2.30. The molecule has 0 saturated carbocycles. The van der Waals surface area contributed by atoms with Crippen molar-refractivity contribution in [1.82, 2.24) is 4.57 Å². The quantitative estimate of drug-likeness (QED) is 0.304. The summed E-state index contributed by atoms with van der Waals surface area (Å²) in [5.41, 5.74) is 2.08. The van der Waals surface area contributed by atoms with Crippen molar-refractivity contribution in [2.75, 3.05) is 6.61 Å². The molecule has 1 N–H and O–H groups in total. The van der Waals surface area contributed by atoms with Crippen LogP contribution in [0.2, 0.25) is 0 Å². The average molecular weight is 473 g/mol. The first-order valence-electron chi connectivity index (χ1n) is 11.4. The molecule has 0 bridgehead atoms. The summed E-state index contributed by atoms with van der Waals surface area (Å²) in [5, 5.41) is 12.9. The van der Waals surface area contributed by atoms with Crippen molar-refractivity contribution < 1.29 is 14.6 Å². The zero-order chi connectivity index (χ0) is 23.7. The number of pyridine rings is 1. The molecule has 172 valence electrons. The van der Waals surface area contributed by atoms with Gasteiger partial charge in [-0.3, -0.25) is 9.79 Å². The van der Waals surface area contributed by atoms with Gasteiger partial charge in [-0.2, -0.15) is 0 Å². The Hall–Kier alpha value is -3.71. The molecule has 0 saturated heterocycles. The molecule has 1 aliphatic carbocycles. The zero-order valence-electron chi connectivity index (χ0n) is 18.8. The molecule has 0 radical (unpaired) electrons. The van der Waals surface area contributed by atoms with Crippen molar-refractivity contribution in [1.29, 1.82) is 0 Å². The second-order valence-corrected chi connectivity index (χ2v) is 9.21. The van der Waals surface area contributed by atoms with Crippen LogP contribution in [-0.2, 0) is 17.6 Å². The summed E-state index contributed by atoms with van der Waals surface area (Å²) in [5.74, 6) is -0.705. The van der Waals surface area contributed by atoms with E-state index in [1.807, 2.05) is 36.4 Å². The molecule has 2 aromatic heterocycles. The molecular weight excluding hydrogens is 448 g/mol. The number of para-hydroxylation sites is 1. The first kappa shape index (κ1) is 22.1. The molecule has 0 aliphatic heterocycles. The molecule has 0 unspecified atom stereocenters. The van der Waals surface area contributed by atoms with Gasteiger partial charge >= 0.3 is 5.97 Å². The normalized spacial score (nSPS) is 13.3. The number of hydrogen-bond acceptors (Lipinski definition) is 6. The average Bonchev–Trinajstić information content (AvgIpc) is 3.24. The summed E-state index contributed by atoms with van der Waals surface area (Å²) < 4.78 is 6.62. The first-order chi connectivity index (χ1) is 16.6. The Morgan fingerprint density at radius 2 is 1.79 bits per heavy atom. The first-order valence-corrected chi connectivity index (χ1v) is 12.2. The fourth-order valence-electron chi connectivity index (χ4n) is 4.45. The number of aromatic hydroxyl groups is 1. The number of carbonyl (C=O) groups excluding carboxylic acids is 1. The number of hydrogen-bond donors (Lipinski definition) is 1. The van der Waals surface area contributed by atoms with Crippen LogP contribution in [0.4, 0.5) is 5.69 Å². The van der Waals surface area contributed by atoms with E-state index in [4.69, 9.17) is 4.74 Å². The second kappa shape index (κ2) is 9.27. The summed E-state index contributed by atoms with van der Waals surface area (Å²) in [6.07, 6.45) is 5.18. The van der Waals surface area contributed by atoms with Gasteiger partial charge in [0.05, 0.1) is 23.4 Å². The van der Waals surface area contributed by atoms with Crippen molar-refractivity contribution >= 4 is 40.0 Å². The Morgan fingerprint density at radius 3 is 2.56 bits per heavy atom. The van der Waals surface area contributed by atoms with Crippen molar-refractivity contribution in [3.63, 3.8) is 0 Å². The molecule has 34 heavy (non-hydrogen) atoms. The zero-order valence-corrected chi connectivity index (χ0v) is 19.6. The summed E-state index contributed by atoms with van der Waals surface area (Å²) in [7, 11) is 0. The molecule has 0 atom stereocenters. The highest BCUT2D eigenvalue weighted by molar-refractivity contribution is 7.15. The van der Waals surface area contributed by atoms with Crippen molar-refractivity contribution in [3.05, 3.63) is 86.5 Å². The molecule has 0 fully saturated rings. The van der Waals surface area contributed by atoms with Crippen LogP contribution in [0, 0.1) is 0 Å². The van der Waals surface area contributed by atoms with Gasteiger partial charge in [0.15, 0.2) is 0 Å². The van der Waals surface area contributed by atoms with Crippen molar-refractivity contribution in [3.8, 4) is 10.9 Å². The molecule has 5 rings (SSSR count). The predicted molar refractivity (Wildman–Crippen MR) is 135 cm³/mol. The fourth-order valence-corrected chi connectivity index (χ4v) is 5.83. The maximum Gasteiger partial charge on any atom is 0.341 e. The minimum atomic E-state index is -0.462. The van der Waals surface area contributed by atoms with Gasteiger partial charge < -0.3 is 9.84 Å². The van der Waals surface area contributed by atoms with Crippen molar-refractivity contribution in [2.24, 2.45) is 4.99 Å². The van der Waals surface area contributed by atoms with Gasteiger partial charge in [-0.15, -0.1) is 11.3 Å². The third-order valence-corrected chi connectivity index (χ3v) is 7.31. The lowest BCUT2D eigenvalue weighted by Crippen LogP contribution is -2.22. The van der Waals surface area contributed by atoms with Crippen LogP contribution in [0.15, 0.2) is 64.4 Å². The Bertz CT molecular complexity index is 1470. The molecule has 2 aromatic carbocycles. The largest absolute Gasteiger partial charge is 0.494 e.